The lowest BCUT2D eigenvalue weighted by molar-refractivity contribution is -0.138. The predicted octanol–water partition coefficient (Wildman–Crippen LogP) is 3.36. The van der Waals surface area contributed by atoms with Crippen molar-refractivity contribution in [3.05, 3.63) is 42.0 Å². The molecule has 0 aliphatic carbocycles. The number of allylic oxidation sites excluding steroid dienone is 1. The summed E-state index contributed by atoms with van der Waals surface area (Å²) >= 11 is 0. The van der Waals surface area contributed by atoms with Gasteiger partial charge in [0.25, 0.3) is 0 Å². The first-order chi connectivity index (χ1) is 8.77. The molecule has 0 amide bonds. The van der Waals surface area contributed by atoms with Crippen molar-refractivity contribution in [2.24, 2.45) is 0 Å². The zero-order chi connectivity index (χ0) is 13.2. The minimum atomic E-state index is -0.290. The zero-order valence-electron chi connectivity index (χ0n) is 11.0. The van der Waals surface area contributed by atoms with Gasteiger partial charge in [-0.25, -0.2) is 4.79 Å². The first kappa shape index (κ1) is 14.3. The summed E-state index contributed by atoms with van der Waals surface area (Å²) < 4.78 is 10.6. The van der Waals surface area contributed by atoms with Crippen LogP contribution in [0, 0.1) is 0 Å². The lowest BCUT2D eigenvalue weighted by atomic mass is 10.2. The van der Waals surface area contributed by atoms with Gasteiger partial charge in [-0.05, 0) is 25.5 Å². The van der Waals surface area contributed by atoms with Gasteiger partial charge in [0, 0.05) is 0 Å². The molecule has 1 aromatic rings. The summed E-state index contributed by atoms with van der Waals surface area (Å²) in [6, 6.07) is 9.45. The number of esters is 1. The largest absolute Gasteiger partial charge is 0.489 e. The van der Waals surface area contributed by atoms with Gasteiger partial charge in [-0.1, -0.05) is 37.6 Å². The van der Waals surface area contributed by atoms with E-state index in [0.29, 0.717) is 12.2 Å². The summed E-state index contributed by atoms with van der Waals surface area (Å²) in [6.07, 6.45) is 3.74. The molecule has 98 valence electrons. The average Bonchev–Trinajstić information content (AvgIpc) is 2.40. The molecule has 0 aliphatic heterocycles. The number of para-hydroxylation sites is 1. The second-order valence-corrected chi connectivity index (χ2v) is 3.84. The van der Waals surface area contributed by atoms with E-state index >= 15 is 0 Å². The van der Waals surface area contributed by atoms with Crippen LogP contribution in [0.3, 0.4) is 0 Å². The van der Waals surface area contributed by atoms with Crippen molar-refractivity contribution in [2.75, 3.05) is 13.2 Å². The molecule has 0 unspecified atom stereocenters. The molecular weight excluding hydrogens is 228 g/mol. The van der Waals surface area contributed by atoms with Gasteiger partial charge in [0.2, 0.25) is 0 Å². The lowest BCUT2D eigenvalue weighted by Gasteiger charge is -2.09. The van der Waals surface area contributed by atoms with Crippen LogP contribution in [0.1, 0.15) is 26.7 Å². The highest BCUT2D eigenvalue weighted by molar-refractivity contribution is 5.88. The fraction of sp³-hybridized carbons (Fsp3) is 0.400. The first-order valence-electron chi connectivity index (χ1n) is 6.32. The third-order valence-corrected chi connectivity index (χ3v) is 2.35. The van der Waals surface area contributed by atoms with E-state index < -0.39 is 0 Å². The molecule has 0 fully saturated rings. The molecular formula is C15H20O3. The van der Waals surface area contributed by atoms with Crippen LogP contribution in [-0.2, 0) is 9.53 Å². The molecule has 0 atom stereocenters. The van der Waals surface area contributed by atoms with Crippen LogP contribution in [0.15, 0.2) is 42.0 Å². The monoisotopic (exact) mass is 248 g/mol. The SMILES string of the molecule is CCC/C=C(/COc1ccccc1)C(=O)OCC. The molecule has 18 heavy (non-hydrogen) atoms. The second-order valence-electron chi connectivity index (χ2n) is 3.84. The van der Waals surface area contributed by atoms with Gasteiger partial charge in [-0.15, -0.1) is 0 Å². The van der Waals surface area contributed by atoms with Crippen molar-refractivity contribution in [3.63, 3.8) is 0 Å². The summed E-state index contributed by atoms with van der Waals surface area (Å²) in [6.45, 7) is 4.50. The normalized spacial score (nSPS) is 11.1. The van der Waals surface area contributed by atoms with E-state index in [1.165, 1.54) is 0 Å². The maximum atomic E-state index is 11.7. The number of hydrogen-bond acceptors (Lipinski definition) is 3. The van der Waals surface area contributed by atoms with Crippen LogP contribution in [0.4, 0.5) is 0 Å². The molecule has 0 N–H and O–H groups in total. The molecule has 0 bridgehead atoms. The molecule has 3 heteroatoms. The van der Waals surface area contributed by atoms with E-state index in [1.807, 2.05) is 36.4 Å². The average molecular weight is 248 g/mol. The molecule has 1 rings (SSSR count). The molecule has 0 heterocycles. The Morgan fingerprint density at radius 3 is 2.56 bits per heavy atom. The number of hydrogen-bond donors (Lipinski definition) is 0. The molecule has 0 saturated carbocycles. The molecule has 3 nitrogen and oxygen atoms in total. The fourth-order valence-corrected chi connectivity index (χ4v) is 1.42. The van der Waals surface area contributed by atoms with E-state index in [0.717, 1.165) is 18.6 Å². The number of benzene rings is 1. The quantitative estimate of drug-likeness (QED) is 0.548. The molecule has 0 aliphatic rings. The van der Waals surface area contributed by atoms with Crippen LogP contribution >= 0.6 is 0 Å². The first-order valence-corrected chi connectivity index (χ1v) is 6.32. The number of ether oxygens (including phenoxy) is 2. The topological polar surface area (TPSA) is 35.5 Å². The Balaban J connectivity index is 2.59. The Bertz CT molecular complexity index is 382. The molecule has 0 saturated heterocycles. The van der Waals surface area contributed by atoms with Gasteiger partial charge in [0.1, 0.15) is 12.4 Å². The van der Waals surface area contributed by atoms with Crippen molar-refractivity contribution in [1.29, 1.82) is 0 Å². The van der Waals surface area contributed by atoms with Crippen LogP contribution in [0.25, 0.3) is 0 Å². The van der Waals surface area contributed by atoms with Crippen molar-refractivity contribution >= 4 is 5.97 Å². The Kier molecular flexibility index (Phi) is 6.62. The Hall–Kier alpha value is -1.77. The predicted molar refractivity (Wildman–Crippen MR) is 71.6 cm³/mol. The fourth-order valence-electron chi connectivity index (χ4n) is 1.42. The summed E-state index contributed by atoms with van der Waals surface area (Å²) in [5.74, 6) is 0.464. The van der Waals surface area contributed by atoms with E-state index in [2.05, 4.69) is 6.92 Å². The van der Waals surface area contributed by atoms with E-state index in [1.54, 1.807) is 6.92 Å². The van der Waals surface area contributed by atoms with Crippen molar-refractivity contribution in [1.82, 2.24) is 0 Å². The third kappa shape index (κ3) is 5.04. The van der Waals surface area contributed by atoms with Gasteiger partial charge in [0.05, 0.1) is 12.2 Å². The molecule has 0 spiro atoms. The Morgan fingerprint density at radius 1 is 1.22 bits per heavy atom. The summed E-state index contributed by atoms with van der Waals surface area (Å²) in [7, 11) is 0. The highest BCUT2D eigenvalue weighted by Crippen LogP contribution is 2.11. The minimum Gasteiger partial charge on any atom is -0.489 e. The van der Waals surface area contributed by atoms with Crippen LogP contribution in [-0.4, -0.2) is 19.2 Å². The van der Waals surface area contributed by atoms with Crippen molar-refractivity contribution in [3.8, 4) is 5.75 Å². The van der Waals surface area contributed by atoms with Gasteiger partial charge in [-0.3, -0.25) is 0 Å². The third-order valence-electron chi connectivity index (χ3n) is 2.35. The van der Waals surface area contributed by atoms with Crippen LogP contribution in [0.5, 0.6) is 5.75 Å². The van der Waals surface area contributed by atoms with E-state index in [-0.39, 0.29) is 12.6 Å². The Labute approximate surface area is 108 Å². The maximum absolute atomic E-state index is 11.7. The van der Waals surface area contributed by atoms with E-state index in [4.69, 9.17) is 9.47 Å². The van der Waals surface area contributed by atoms with Gasteiger partial charge >= 0.3 is 5.97 Å². The van der Waals surface area contributed by atoms with Crippen molar-refractivity contribution < 1.29 is 14.3 Å². The van der Waals surface area contributed by atoms with Gasteiger partial charge in [0.15, 0.2) is 0 Å². The number of carbonyl (C=O) groups is 1. The summed E-state index contributed by atoms with van der Waals surface area (Å²) in [5, 5.41) is 0. The molecule has 1 aromatic carbocycles. The number of carbonyl (C=O) groups excluding carboxylic acids is 1. The Morgan fingerprint density at radius 2 is 1.94 bits per heavy atom. The maximum Gasteiger partial charge on any atom is 0.337 e. The highest BCUT2D eigenvalue weighted by Gasteiger charge is 2.10. The minimum absolute atomic E-state index is 0.253. The van der Waals surface area contributed by atoms with Crippen LogP contribution < -0.4 is 4.74 Å². The summed E-state index contributed by atoms with van der Waals surface area (Å²) in [4.78, 5) is 11.7. The zero-order valence-corrected chi connectivity index (χ0v) is 11.0. The van der Waals surface area contributed by atoms with Gasteiger partial charge < -0.3 is 9.47 Å². The number of unbranched alkanes of at least 4 members (excludes halogenated alkanes) is 1. The standard InChI is InChI=1S/C15H20O3/c1-3-5-9-13(15(16)17-4-2)12-18-14-10-7-6-8-11-14/h6-11H,3-5,12H2,1-2H3/b13-9-. The number of rotatable bonds is 7. The summed E-state index contributed by atoms with van der Waals surface area (Å²) in [5.41, 5.74) is 0.586. The van der Waals surface area contributed by atoms with E-state index in [9.17, 15) is 4.79 Å². The van der Waals surface area contributed by atoms with Gasteiger partial charge in [-0.2, -0.15) is 0 Å². The molecule has 0 aromatic heterocycles. The van der Waals surface area contributed by atoms with Crippen LogP contribution in [0.2, 0.25) is 0 Å². The lowest BCUT2D eigenvalue weighted by Crippen LogP contribution is -2.14. The smallest absolute Gasteiger partial charge is 0.337 e. The second kappa shape index (κ2) is 8.34. The van der Waals surface area contributed by atoms with Crippen molar-refractivity contribution in [2.45, 2.75) is 26.7 Å². The molecule has 0 radical (unpaired) electrons. The highest BCUT2D eigenvalue weighted by atomic mass is 16.5.